The highest BCUT2D eigenvalue weighted by Crippen LogP contribution is 2.48. The molecule has 4 nitrogen and oxygen atoms in total. The first-order valence-corrected chi connectivity index (χ1v) is 9.82. The van der Waals surface area contributed by atoms with Crippen LogP contribution < -0.4 is 9.47 Å². The monoisotopic (exact) mass is 388 g/mol. The van der Waals surface area contributed by atoms with E-state index in [1.165, 1.54) is 30.9 Å². The van der Waals surface area contributed by atoms with Crippen molar-refractivity contribution in [2.24, 2.45) is 0 Å². The third-order valence-electron chi connectivity index (χ3n) is 4.92. The molecule has 0 aliphatic heterocycles. The molecule has 0 heterocycles. The number of phenols is 2. The van der Waals surface area contributed by atoms with E-state index < -0.39 is 0 Å². The van der Waals surface area contributed by atoms with E-state index in [4.69, 9.17) is 9.47 Å². The number of hydrogen-bond acceptors (Lipinski definition) is 4. The number of aromatic hydroxyl groups is 2. The number of benzene rings is 1. The average Bonchev–Trinajstić information content (AvgIpc) is 2.64. The van der Waals surface area contributed by atoms with Gasteiger partial charge in [0, 0.05) is 11.1 Å². The molecule has 0 aliphatic rings. The summed E-state index contributed by atoms with van der Waals surface area (Å²) in [6.07, 6.45) is 11.4. The second kappa shape index (κ2) is 11.5. The van der Waals surface area contributed by atoms with Gasteiger partial charge in [-0.1, -0.05) is 34.9 Å². The topological polar surface area (TPSA) is 58.9 Å². The van der Waals surface area contributed by atoms with Crippen molar-refractivity contribution in [2.75, 3.05) is 14.2 Å². The quantitative estimate of drug-likeness (QED) is 0.360. The largest absolute Gasteiger partial charge is 0.504 e. The molecule has 1 aromatic rings. The van der Waals surface area contributed by atoms with Gasteiger partial charge in [0.15, 0.2) is 11.5 Å². The maximum atomic E-state index is 10.5. The molecule has 0 atom stereocenters. The summed E-state index contributed by atoms with van der Waals surface area (Å²) in [5.41, 5.74) is 5.30. The van der Waals surface area contributed by atoms with Gasteiger partial charge in [-0.05, 0) is 66.7 Å². The van der Waals surface area contributed by atoms with Gasteiger partial charge >= 0.3 is 0 Å². The predicted molar refractivity (Wildman–Crippen MR) is 117 cm³/mol. The summed E-state index contributed by atoms with van der Waals surface area (Å²) in [5, 5.41) is 20.9. The number of ether oxygens (including phenoxy) is 2. The van der Waals surface area contributed by atoms with Crippen LogP contribution in [0.2, 0.25) is 0 Å². The molecule has 28 heavy (non-hydrogen) atoms. The molecule has 1 aromatic carbocycles. The van der Waals surface area contributed by atoms with Crippen LogP contribution in [-0.2, 0) is 6.42 Å². The third kappa shape index (κ3) is 6.66. The summed E-state index contributed by atoms with van der Waals surface area (Å²) in [4.78, 5) is 0. The number of rotatable bonds is 10. The number of allylic oxidation sites excluding steroid dienone is 6. The van der Waals surface area contributed by atoms with Crippen molar-refractivity contribution in [1.29, 1.82) is 0 Å². The van der Waals surface area contributed by atoms with Gasteiger partial charge in [0.2, 0.25) is 11.5 Å². The van der Waals surface area contributed by atoms with Gasteiger partial charge in [-0.25, -0.2) is 0 Å². The van der Waals surface area contributed by atoms with Crippen LogP contribution in [0.25, 0.3) is 0 Å². The zero-order valence-electron chi connectivity index (χ0n) is 18.5. The van der Waals surface area contributed by atoms with Crippen LogP contribution in [0.4, 0.5) is 0 Å². The van der Waals surface area contributed by atoms with Crippen LogP contribution in [0, 0.1) is 6.92 Å². The summed E-state index contributed by atoms with van der Waals surface area (Å²) in [7, 11) is 2.89. The summed E-state index contributed by atoms with van der Waals surface area (Å²) in [6.45, 7) is 10.3. The summed E-state index contributed by atoms with van der Waals surface area (Å²) >= 11 is 0. The minimum Gasteiger partial charge on any atom is -0.504 e. The molecular formula is C24H36O4. The summed E-state index contributed by atoms with van der Waals surface area (Å²) in [5.74, 6) is 0.360. The minimum absolute atomic E-state index is 0.00752. The molecule has 0 aliphatic carbocycles. The molecule has 1 rings (SSSR count). The Morgan fingerprint density at radius 2 is 1.29 bits per heavy atom. The van der Waals surface area contributed by atoms with Crippen molar-refractivity contribution in [3.63, 3.8) is 0 Å². The predicted octanol–water partition coefficient (Wildman–Crippen LogP) is 6.39. The maximum absolute atomic E-state index is 10.5. The van der Waals surface area contributed by atoms with Crippen LogP contribution in [0.5, 0.6) is 23.0 Å². The minimum atomic E-state index is 0.00752. The van der Waals surface area contributed by atoms with E-state index in [0.717, 1.165) is 25.7 Å². The standard InChI is InChI=1S/C24H36O4/c1-16(2)10-8-11-17(3)12-9-13-18(4)14-15-20-19(5)21(25)23(27-6)24(28-7)22(20)26/h10,12,14,25-26H,8-9,11,13,15H2,1-7H3/b17-12?,18-14+. The Labute approximate surface area is 170 Å². The van der Waals surface area contributed by atoms with E-state index in [0.29, 0.717) is 17.5 Å². The van der Waals surface area contributed by atoms with E-state index >= 15 is 0 Å². The second-order valence-corrected chi connectivity index (χ2v) is 7.53. The first-order valence-electron chi connectivity index (χ1n) is 9.82. The number of hydrogen-bond donors (Lipinski definition) is 2. The van der Waals surface area contributed by atoms with Crippen molar-refractivity contribution in [3.05, 3.63) is 46.1 Å². The van der Waals surface area contributed by atoms with E-state index in [1.807, 2.05) is 0 Å². The van der Waals surface area contributed by atoms with Gasteiger partial charge in [-0.2, -0.15) is 0 Å². The van der Waals surface area contributed by atoms with Crippen LogP contribution in [0.3, 0.4) is 0 Å². The van der Waals surface area contributed by atoms with E-state index in [2.05, 4.69) is 45.9 Å². The number of methoxy groups -OCH3 is 2. The molecule has 2 N–H and O–H groups in total. The fourth-order valence-electron chi connectivity index (χ4n) is 3.09. The van der Waals surface area contributed by atoms with Gasteiger partial charge in [0.05, 0.1) is 14.2 Å². The van der Waals surface area contributed by atoms with Crippen LogP contribution >= 0.6 is 0 Å². The molecule has 0 amide bonds. The maximum Gasteiger partial charge on any atom is 0.207 e. The van der Waals surface area contributed by atoms with Gasteiger partial charge in [0.25, 0.3) is 0 Å². The highest BCUT2D eigenvalue weighted by molar-refractivity contribution is 5.66. The second-order valence-electron chi connectivity index (χ2n) is 7.53. The normalized spacial score (nSPS) is 12.1. The molecule has 0 saturated carbocycles. The zero-order valence-corrected chi connectivity index (χ0v) is 18.5. The molecule has 4 heteroatoms. The first kappa shape index (κ1) is 23.7. The van der Waals surface area contributed by atoms with Crippen molar-refractivity contribution >= 4 is 0 Å². The van der Waals surface area contributed by atoms with Crippen molar-refractivity contribution in [2.45, 2.75) is 66.7 Å². The lowest BCUT2D eigenvalue weighted by Gasteiger charge is -2.17. The van der Waals surface area contributed by atoms with Gasteiger partial charge in [-0.15, -0.1) is 0 Å². The van der Waals surface area contributed by atoms with Crippen LogP contribution in [0.1, 0.15) is 64.5 Å². The third-order valence-corrected chi connectivity index (χ3v) is 4.92. The molecule has 0 spiro atoms. The lowest BCUT2D eigenvalue weighted by atomic mass is 9.99. The summed E-state index contributed by atoms with van der Waals surface area (Å²) in [6, 6.07) is 0. The zero-order chi connectivity index (χ0) is 21.3. The molecule has 0 saturated heterocycles. The van der Waals surface area contributed by atoms with Crippen LogP contribution in [0.15, 0.2) is 34.9 Å². The SMILES string of the molecule is COc1c(O)c(C)c(C/C=C(\C)CCC=C(C)CCC=C(C)C)c(O)c1OC. The highest BCUT2D eigenvalue weighted by atomic mass is 16.5. The lowest BCUT2D eigenvalue weighted by Crippen LogP contribution is -1.98. The number of phenolic OH excluding ortho intramolecular Hbond substituents is 2. The molecule has 156 valence electrons. The van der Waals surface area contributed by atoms with E-state index in [1.54, 1.807) is 6.92 Å². The van der Waals surface area contributed by atoms with Crippen molar-refractivity contribution < 1.29 is 19.7 Å². The fraction of sp³-hybridized carbons (Fsp3) is 0.500. The van der Waals surface area contributed by atoms with Gasteiger partial charge in [0.1, 0.15) is 0 Å². The van der Waals surface area contributed by atoms with Crippen molar-refractivity contribution in [3.8, 4) is 23.0 Å². The Bertz CT molecular complexity index is 751. The molecule has 0 bridgehead atoms. The average molecular weight is 389 g/mol. The lowest BCUT2D eigenvalue weighted by molar-refractivity contribution is 0.314. The molecule has 0 fully saturated rings. The Morgan fingerprint density at radius 3 is 1.82 bits per heavy atom. The highest BCUT2D eigenvalue weighted by Gasteiger charge is 2.22. The molecule has 0 radical (unpaired) electrons. The fourth-order valence-corrected chi connectivity index (χ4v) is 3.09. The smallest absolute Gasteiger partial charge is 0.207 e. The van der Waals surface area contributed by atoms with Gasteiger partial charge < -0.3 is 19.7 Å². The Kier molecular flexibility index (Phi) is 9.70. The molecule has 0 unspecified atom stereocenters. The van der Waals surface area contributed by atoms with E-state index in [9.17, 15) is 10.2 Å². The van der Waals surface area contributed by atoms with Crippen molar-refractivity contribution in [1.82, 2.24) is 0 Å². The summed E-state index contributed by atoms with van der Waals surface area (Å²) < 4.78 is 10.4. The Morgan fingerprint density at radius 1 is 0.786 bits per heavy atom. The Balaban J connectivity index is 2.78. The van der Waals surface area contributed by atoms with Crippen LogP contribution in [-0.4, -0.2) is 24.4 Å². The molecule has 0 aromatic heterocycles. The molecular weight excluding hydrogens is 352 g/mol. The van der Waals surface area contributed by atoms with E-state index in [-0.39, 0.29) is 23.0 Å². The van der Waals surface area contributed by atoms with Gasteiger partial charge in [-0.3, -0.25) is 0 Å². The Hall–Kier alpha value is -2.36. The first-order chi connectivity index (χ1) is 13.2.